The van der Waals surface area contributed by atoms with Crippen molar-refractivity contribution in [3.8, 4) is 11.3 Å². The van der Waals surface area contributed by atoms with Gasteiger partial charge in [-0.05, 0) is 62.7 Å². The largest absolute Gasteiger partial charge is 0.298 e. The lowest BCUT2D eigenvalue weighted by Gasteiger charge is -2.22. The van der Waals surface area contributed by atoms with Crippen LogP contribution in [0.1, 0.15) is 28.4 Å². The molecule has 1 amide bonds. The lowest BCUT2D eigenvalue weighted by Crippen LogP contribution is -2.30. The standard InChI is InChI=1S/C26H25N3O3S2/c1-4-29(21-8-6-5-7-9-21)34(31,32)22-13-11-20(12-14-22)25(30)28-26-27-24(17-33-26)23-15-10-18(2)16-19(23)3/h5-17H,4H2,1-3H3,(H,27,28,30). The molecular formula is C26H25N3O3S2. The van der Waals surface area contributed by atoms with Crippen molar-refractivity contribution in [2.75, 3.05) is 16.2 Å². The number of para-hydroxylation sites is 1. The van der Waals surface area contributed by atoms with Gasteiger partial charge in [0.25, 0.3) is 15.9 Å². The van der Waals surface area contributed by atoms with Crippen LogP contribution in [0.3, 0.4) is 0 Å². The second kappa shape index (κ2) is 9.79. The van der Waals surface area contributed by atoms with Crippen molar-refractivity contribution >= 4 is 38.1 Å². The number of amides is 1. The number of rotatable bonds is 7. The minimum absolute atomic E-state index is 0.126. The Morgan fingerprint density at radius 3 is 2.35 bits per heavy atom. The molecule has 6 nitrogen and oxygen atoms in total. The van der Waals surface area contributed by atoms with Crippen molar-refractivity contribution < 1.29 is 13.2 Å². The van der Waals surface area contributed by atoms with E-state index in [9.17, 15) is 13.2 Å². The monoisotopic (exact) mass is 491 g/mol. The van der Waals surface area contributed by atoms with Crippen LogP contribution < -0.4 is 9.62 Å². The molecule has 8 heteroatoms. The van der Waals surface area contributed by atoms with Crippen molar-refractivity contribution in [3.05, 3.63) is 94.9 Å². The third kappa shape index (κ3) is 4.88. The molecule has 0 radical (unpaired) electrons. The van der Waals surface area contributed by atoms with E-state index in [1.165, 1.54) is 45.5 Å². The van der Waals surface area contributed by atoms with Gasteiger partial charge in [-0.3, -0.25) is 14.4 Å². The lowest BCUT2D eigenvalue weighted by atomic mass is 10.0. The predicted octanol–water partition coefficient (Wildman–Crippen LogP) is 5.89. The van der Waals surface area contributed by atoms with Crippen LogP contribution in [-0.4, -0.2) is 25.9 Å². The number of anilines is 2. The predicted molar refractivity (Wildman–Crippen MR) is 138 cm³/mol. The molecule has 174 valence electrons. The van der Waals surface area contributed by atoms with Crippen molar-refractivity contribution in [2.24, 2.45) is 0 Å². The van der Waals surface area contributed by atoms with E-state index in [0.717, 1.165) is 16.8 Å². The summed E-state index contributed by atoms with van der Waals surface area (Å²) in [5, 5.41) is 5.20. The first-order valence-corrected chi connectivity index (χ1v) is 13.1. The fourth-order valence-corrected chi connectivity index (χ4v) is 5.90. The van der Waals surface area contributed by atoms with E-state index >= 15 is 0 Å². The Hall–Kier alpha value is -3.49. The Labute approximate surface area is 204 Å². The van der Waals surface area contributed by atoms with Gasteiger partial charge < -0.3 is 0 Å². The molecule has 0 spiro atoms. The second-order valence-electron chi connectivity index (χ2n) is 7.84. The number of aryl methyl sites for hydroxylation is 2. The van der Waals surface area contributed by atoms with Gasteiger partial charge in [-0.2, -0.15) is 0 Å². The normalized spacial score (nSPS) is 11.3. The summed E-state index contributed by atoms with van der Waals surface area (Å²) in [4.78, 5) is 17.4. The highest BCUT2D eigenvalue weighted by molar-refractivity contribution is 7.92. The van der Waals surface area contributed by atoms with Crippen LogP contribution in [0.25, 0.3) is 11.3 Å². The lowest BCUT2D eigenvalue weighted by molar-refractivity contribution is 0.102. The Kier molecular flexibility index (Phi) is 6.81. The highest BCUT2D eigenvalue weighted by Crippen LogP contribution is 2.28. The number of hydrogen-bond acceptors (Lipinski definition) is 5. The van der Waals surface area contributed by atoms with E-state index < -0.39 is 10.0 Å². The first-order chi connectivity index (χ1) is 16.3. The average molecular weight is 492 g/mol. The number of thiazole rings is 1. The maximum absolute atomic E-state index is 13.1. The number of benzene rings is 3. The smallest absolute Gasteiger partial charge is 0.264 e. The van der Waals surface area contributed by atoms with Crippen molar-refractivity contribution in [3.63, 3.8) is 0 Å². The van der Waals surface area contributed by atoms with Crippen molar-refractivity contribution in [1.82, 2.24) is 4.98 Å². The van der Waals surface area contributed by atoms with Crippen LogP contribution in [0.5, 0.6) is 0 Å². The zero-order valence-corrected chi connectivity index (χ0v) is 20.8. The molecule has 1 N–H and O–H groups in total. The summed E-state index contributed by atoms with van der Waals surface area (Å²) in [6.45, 7) is 6.16. The van der Waals surface area contributed by atoms with Gasteiger partial charge >= 0.3 is 0 Å². The number of nitrogens with one attached hydrogen (secondary N) is 1. The van der Waals surface area contributed by atoms with Crippen LogP contribution in [0, 0.1) is 13.8 Å². The number of aromatic nitrogens is 1. The highest BCUT2D eigenvalue weighted by Gasteiger charge is 2.23. The summed E-state index contributed by atoms with van der Waals surface area (Å²) < 4.78 is 27.6. The number of nitrogens with zero attached hydrogens (tertiary/aromatic N) is 2. The third-order valence-corrected chi connectivity index (χ3v) is 8.09. The molecule has 3 aromatic carbocycles. The molecule has 0 atom stereocenters. The maximum Gasteiger partial charge on any atom is 0.264 e. The first kappa shape index (κ1) is 23.7. The average Bonchev–Trinajstić information content (AvgIpc) is 3.28. The molecule has 34 heavy (non-hydrogen) atoms. The van der Waals surface area contributed by atoms with E-state index in [4.69, 9.17) is 0 Å². The number of carbonyl (C=O) groups excluding carboxylic acids is 1. The molecule has 0 aliphatic rings. The van der Waals surface area contributed by atoms with Gasteiger partial charge in [0.15, 0.2) is 5.13 Å². The summed E-state index contributed by atoms with van der Waals surface area (Å²) in [6, 6.07) is 21.0. The van der Waals surface area contributed by atoms with Gasteiger partial charge in [0, 0.05) is 23.1 Å². The van der Waals surface area contributed by atoms with E-state index in [0.29, 0.717) is 22.9 Å². The molecular weight excluding hydrogens is 466 g/mol. The third-order valence-electron chi connectivity index (χ3n) is 5.42. The Bertz CT molecular complexity index is 1410. The van der Waals surface area contributed by atoms with E-state index in [1.54, 1.807) is 31.2 Å². The SMILES string of the molecule is CCN(c1ccccc1)S(=O)(=O)c1ccc(C(=O)Nc2nc(-c3ccc(C)cc3C)cs2)cc1. The molecule has 0 saturated carbocycles. The summed E-state index contributed by atoms with van der Waals surface area (Å²) in [5.74, 6) is -0.346. The van der Waals surface area contributed by atoms with Crippen molar-refractivity contribution in [1.29, 1.82) is 0 Å². The molecule has 4 aromatic rings. The minimum Gasteiger partial charge on any atom is -0.298 e. The van der Waals surface area contributed by atoms with Gasteiger partial charge in [0.1, 0.15) is 0 Å². The van der Waals surface area contributed by atoms with E-state index in [-0.39, 0.29) is 10.8 Å². The van der Waals surface area contributed by atoms with Crippen LogP contribution in [0.15, 0.2) is 83.1 Å². The molecule has 4 rings (SSSR count). The van der Waals surface area contributed by atoms with Gasteiger partial charge in [-0.1, -0.05) is 42.0 Å². The van der Waals surface area contributed by atoms with E-state index in [1.807, 2.05) is 37.4 Å². The molecule has 0 saturated heterocycles. The summed E-state index contributed by atoms with van der Waals surface area (Å²) in [6.07, 6.45) is 0. The van der Waals surface area contributed by atoms with Crippen molar-refractivity contribution in [2.45, 2.75) is 25.7 Å². The van der Waals surface area contributed by atoms with Crippen LogP contribution in [-0.2, 0) is 10.0 Å². The van der Waals surface area contributed by atoms with Crippen LogP contribution >= 0.6 is 11.3 Å². The number of carbonyl (C=O) groups is 1. The minimum atomic E-state index is -3.75. The zero-order chi connectivity index (χ0) is 24.3. The first-order valence-electron chi connectivity index (χ1n) is 10.8. The van der Waals surface area contributed by atoms with Gasteiger partial charge in [0.2, 0.25) is 0 Å². The fourth-order valence-electron chi connectivity index (χ4n) is 3.72. The molecule has 0 aliphatic carbocycles. The van der Waals surface area contributed by atoms with E-state index in [2.05, 4.69) is 16.4 Å². The zero-order valence-electron chi connectivity index (χ0n) is 19.1. The summed E-state index contributed by atoms with van der Waals surface area (Å²) >= 11 is 1.35. The second-order valence-corrected chi connectivity index (χ2v) is 10.6. The van der Waals surface area contributed by atoms with Gasteiger partial charge in [0.05, 0.1) is 16.3 Å². The fraction of sp³-hybridized carbons (Fsp3) is 0.154. The molecule has 0 fully saturated rings. The highest BCUT2D eigenvalue weighted by atomic mass is 32.2. The van der Waals surface area contributed by atoms with Gasteiger partial charge in [-0.15, -0.1) is 11.3 Å². The molecule has 0 bridgehead atoms. The maximum atomic E-state index is 13.1. The van der Waals surface area contributed by atoms with Crippen LogP contribution in [0.2, 0.25) is 0 Å². The van der Waals surface area contributed by atoms with Gasteiger partial charge in [-0.25, -0.2) is 13.4 Å². The Balaban J connectivity index is 1.50. The summed E-state index contributed by atoms with van der Waals surface area (Å²) in [5.41, 5.74) is 5.08. The molecule has 0 unspecified atom stereocenters. The quantitative estimate of drug-likeness (QED) is 0.349. The molecule has 0 aliphatic heterocycles. The number of hydrogen-bond donors (Lipinski definition) is 1. The molecule has 1 heterocycles. The van der Waals surface area contributed by atoms with Crippen LogP contribution in [0.4, 0.5) is 10.8 Å². The topological polar surface area (TPSA) is 79.4 Å². The number of sulfonamides is 1. The summed E-state index contributed by atoms with van der Waals surface area (Å²) in [7, 11) is -3.75. The Morgan fingerprint density at radius 2 is 1.71 bits per heavy atom. The Morgan fingerprint density at radius 1 is 1.00 bits per heavy atom. The molecule has 1 aromatic heterocycles.